The van der Waals surface area contributed by atoms with Gasteiger partial charge in [-0.1, -0.05) is 54.1 Å². The summed E-state index contributed by atoms with van der Waals surface area (Å²) < 4.78 is 0. The minimum absolute atomic E-state index is 0.296. The molecule has 0 aliphatic heterocycles. The number of allylic oxidation sites excluding steroid dienone is 3. The Kier molecular flexibility index (Phi) is 6.90. The summed E-state index contributed by atoms with van der Waals surface area (Å²) in [6.07, 6.45) is 8.13. The van der Waals surface area contributed by atoms with Crippen molar-refractivity contribution < 1.29 is 0 Å². The quantitative estimate of drug-likeness (QED) is 0.481. The number of aromatic nitrogens is 2. The maximum Gasteiger partial charge on any atom is 0.165 e. The summed E-state index contributed by atoms with van der Waals surface area (Å²) in [6.45, 7) is 1.66. The first kappa shape index (κ1) is 20.2. The third kappa shape index (κ3) is 5.24. The Bertz CT molecular complexity index is 889. The van der Waals surface area contributed by atoms with Crippen LogP contribution >= 0.6 is 11.6 Å². The highest BCUT2D eigenvalue weighted by molar-refractivity contribution is 6.32. The molecule has 28 heavy (non-hydrogen) atoms. The zero-order valence-electron chi connectivity index (χ0n) is 16.5. The molecule has 3 rings (SSSR count). The van der Waals surface area contributed by atoms with Gasteiger partial charge in [0, 0.05) is 25.7 Å². The maximum atomic E-state index is 6.53. The summed E-state index contributed by atoms with van der Waals surface area (Å²) >= 11 is 6.53. The minimum atomic E-state index is 0.296. The van der Waals surface area contributed by atoms with Crippen LogP contribution in [0, 0.1) is 0 Å². The molecule has 0 unspecified atom stereocenters. The zero-order chi connectivity index (χ0) is 19.9. The Hall–Kier alpha value is -2.57. The molecular weight excluding hydrogens is 372 g/mol. The average molecular weight is 397 g/mol. The van der Waals surface area contributed by atoms with Gasteiger partial charge in [0.2, 0.25) is 0 Å². The molecule has 1 aromatic heterocycles. The van der Waals surface area contributed by atoms with Crippen LogP contribution in [0.2, 0.25) is 5.15 Å². The van der Waals surface area contributed by atoms with E-state index in [-0.39, 0.29) is 0 Å². The van der Waals surface area contributed by atoms with E-state index >= 15 is 0 Å². The van der Waals surface area contributed by atoms with Crippen LogP contribution in [0.15, 0.2) is 64.5 Å². The molecule has 1 aromatic carbocycles. The summed E-state index contributed by atoms with van der Waals surface area (Å²) in [4.78, 5) is 13.4. The lowest BCUT2D eigenvalue weighted by atomic mass is 10.2. The van der Waals surface area contributed by atoms with Crippen LogP contribution in [-0.4, -0.2) is 49.1 Å². The molecular formula is C21H25ClN6. The van der Waals surface area contributed by atoms with Gasteiger partial charge in [0.1, 0.15) is 0 Å². The molecule has 0 saturated heterocycles. The van der Waals surface area contributed by atoms with E-state index in [0.29, 0.717) is 22.5 Å². The number of azo groups is 1. The standard InChI is InChI=1S/C21H25ClN6/c1-27(2)14-15-28(3)21-18(26-25-17-12-8-5-9-13-17)19(22)23-20(24-21)16-10-6-4-7-11-16/h4,6-8,10-13H,5,9,14-15H2,1-3H3. The molecule has 1 aliphatic carbocycles. The monoisotopic (exact) mass is 396 g/mol. The summed E-state index contributed by atoms with van der Waals surface area (Å²) in [5, 5.41) is 9.05. The van der Waals surface area contributed by atoms with Crippen LogP contribution in [-0.2, 0) is 0 Å². The average Bonchev–Trinajstić information content (AvgIpc) is 2.72. The molecule has 2 aromatic rings. The van der Waals surface area contributed by atoms with Crippen LogP contribution in [0.1, 0.15) is 12.8 Å². The molecule has 6 nitrogen and oxygen atoms in total. The molecule has 1 heterocycles. The molecule has 0 N–H and O–H groups in total. The van der Waals surface area contributed by atoms with Gasteiger partial charge in [0.25, 0.3) is 0 Å². The van der Waals surface area contributed by atoms with Crippen molar-refractivity contribution in [1.82, 2.24) is 14.9 Å². The van der Waals surface area contributed by atoms with Crippen LogP contribution in [0.5, 0.6) is 0 Å². The van der Waals surface area contributed by atoms with E-state index in [1.165, 1.54) is 0 Å². The first-order valence-electron chi connectivity index (χ1n) is 9.32. The Balaban J connectivity index is 2.00. The van der Waals surface area contributed by atoms with Gasteiger partial charge in [-0.25, -0.2) is 9.97 Å². The smallest absolute Gasteiger partial charge is 0.165 e. The summed E-state index contributed by atoms with van der Waals surface area (Å²) in [5.41, 5.74) is 2.23. The Morgan fingerprint density at radius 1 is 1.00 bits per heavy atom. The van der Waals surface area contributed by atoms with Crippen molar-refractivity contribution in [3.8, 4) is 11.4 Å². The van der Waals surface area contributed by atoms with Gasteiger partial charge in [-0.3, -0.25) is 0 Å². The molecule has 0 amide bonds. The second-order valence-corrected chi connectivity index (χ2v) is 7.27. The molecule has 0 spiro atoms. The number of hydrogen-bond acceptors (Lipinski definition) is 6. The molecule has 1 aliphatic rings. The molecule has 0 radical (unpaired) electrons. The SMILES string of the molecule is CN(C)CCN(C)c1nc(-c2ccccc2)nc(Cl)c1N=NC1=CCCC=C1. The third-order valence-electron chi connectivity index (χ3n) is 4.34. The van der Waals surface area contributed by atoms with E-state index in [1.54, 1.807) is 0 Å². The number of halogens is 1. The van der Waals surface area contributed by atoms with E-state index in [4.69, 9.17) is 16.6 Å². The second kappa shape index (κ2) is 9.57. The predicted octanol–water partition coefficient (Wildman–Crippen LogP) is 5.11. The lowest BCUT2D eigenvalue weighted by Gasteiger charge is -2.22. The number of nitrogens with zero attached hydrogens (tertiary/aromatic N) is 6. The molecule has 0 atom stereocenters. The fourth-order valence-corrected chi connectivity index (χ4v) is 2.92. The number of rotatable bonds is 7. The predicted molar refractivity (Wildman–Crippen MR) is 115 cm³/mol. The number of benzene rings is 1. The summed E-state index contributed by atoms with van der Waals surface area (Å²) in [6, 6.07) is 9.81. The minimum Gasteiger partial charge on any atom is -0.356 e. The van der Waals surface area contributed by atoms with Crippen LogP contribution in [0.3, 0.4) is 0 Å². The summed E-state index contributed by atoms with van der Waals surface area (Å²) in [7, 11) is 6.06. The second-order valence-electron chi connectivity index (χ2n) is 6.91. The van der Waals surface area contributed by atoms with Crippen molar-refractivity contribution in [3.05, 3.63) is 59.4 Å². The van der Waals surface area contributed by atoms with Gasteiger partial charge >= 0.3 is 0 Å². The molecule has 0 fully saturated rings. The summed E-state index contributed by atoms with van der Waals surface area (Å²) in [5.74, 6) is 1.25. The van der Waals surface area contributed by atoms with Gasteiger partial charge in [-0.2, -0.15) is 5.11 Å². The lowest BCUT2D eigenvalue weighted by molar-refractivity contribution is 0.416. The van der Waals surface area contributed by atoms with Crippen molar-refractivity contribution in [1.29, 1.82) is 0 Å². The molecule has 7 heteroatoms. The van der Waals surface area contributed by atoms with Gasteiger partial charge in [-0.05, 0) is 33.0 Å². The van der Waals surface area contributed by atoms with Crippen LogP contribution in [0.25, 0.3) is 11.4 Å². The van der Waals surface area contributed by atoms with Gasteiger partial charge in [0.15, 0.2) is 22.5 Å². The van der Waals surface area contributed by atoms with E-state index in [2.05, 4.69) is 32.3 Å². The van der Waals surface area contributed by atoms with Crippen molar-refractivity contribution in [3.63, 3.8) is 0 Å². The van der Waals surface area contributed by atoms with Crippen molar-refractivity contribution in [2.24, 2.45) is 10.2 Å². The molecule has 146 valence electrons. The van der Waals surface area contributed by atoms with Crippen molar-refractivity contribution >= 4 is 23.1 Å². The zero-order valence-corrected chi connectivity index (χ0v) is 17.3. The highest BCUT2D eigenvalue weighted by Gasteiger charge is 2.18. The van der Waals surface area contributed by atoms with E-state index in [9.17, 15) is 0 Å². The fourth-order valence-electron chi connectivity index (χ4n) is 2.72. The van der Waals surface area contributed by atoms with Gasteiger partial charge in [-0.15, -0.1) is 5.11 Å². The van der Waals surface area contributed by atoms with Crippen molar-refractivity contribution in [2.45, 2.75) is 12.8 Å². The van der Waals surface area contributed by atoms with Crippen LogP contribution in [0.4, 0.5) is 11.5 Å². The Morgan fingerprint density at radius 3 is 2.46 bits per heavy atom. The Morgan fingerprint density at radius 2 is 1.79 bits per heavy atom. The van der Waals surface area contributed by atoms with Crippen molar-refractivity contribution in [2.75, 3.05) is 39.1 Å². The van der Waals surface area contributed by atoms with E-state index in [1.807, 2.05) is 62.5 Å². The highest BCUT2D eigenvalue weighted by atomic mass is 35.5. The fraction of sp³-hybridized carbons (Fsp3) is 0.333. The molecule has 0 bridgehead atoms. The first-order chi connectivity index (χ1) is 13.5. The van der Waals surface area contributed by atoms with Crippen LogP contribution < -0.4 is 4.90 Å². The maximum absolute atomic E-state index is 6.53. The Labute approximate surface area is 171 Å². The topological polar surface area (TPSA) is 57.0 Å². The molecule has 0 saturated carbocycles. The van der Waals surface area contributed by atoms with Gasteiger partial charge < -0.3 is 9.80 Å². The number of hydrogen-bond donors (Lipinski definition) is 0. The normalized spacial score (nSPS) is 14.0. The van der Waals surface area contributed by atoms with E-state index in [0.717, 1.165) is 37.2 Å². The highest BCUT2D eigenvalue weighted by Crippen LogP contribution is 2.35. The number of anilines is 1. The van der Waals surface area contributed by atoms with Gasteiger partial charge in [0.05, 0.1) is 5.70 Å². The van der Waals surface area contributed by atoms with E-state index < -0.39 is 0 Å². The lowest BCUT2D eigenvalue weighted by Crippen LogP contribution is -2.29. The third-order valence-corrected chi connectivity index (χ3v) is 4.60. The number of likely N-dealkylation sites (N-methyl/N-ethyl adjacent to an activating group) is 2. The first-order valence-corrected chi connectivity index (χ1v) is 9.69. The largest absolute Gasteiger partial charge is 0.356 e.